The Hall–Kier alpha value is -2.04. The molecular formula is C12H14O5. The van der Waals surface area contributed by atoms with Gasteiger partial charge in [-0.25, -0.2) is 0 Å². The number of methoxy groups -OCH3 is 2. The van der Waals surface area contributed by atoms with E-state index in [9.17, 15) is 9.59 Å². The number of hydrogen-bond acceptors (Lipinski definition) is 5. The van der Waals surface area contributed by atoms with Crippen molar-refractivity contribution in [1.29, 1.82) is 0 Å². The van der Waals surface area contributed by atoms with E-state index in [0.29, 0.717) is 5.76 Å². The van der Waals surface area contributed by atoms with Crippen LogP contribution in [0.25, 0.3) is 6.08 Å². The Labute approximate surface area is 99.0 Å². The number of carbonyl (C=O) groups is 2. The van der Waals surface area contributed by atoms with Crippen LogP contribution in [-0.4, -0.2) is 26.2 Å². The minimum absolute atomic E-state index is 0.208. The van der Waals surface area contributed by atoms with Crippen molar-refractivity contribution in [2.24, 2.45) is 5.92 Å². The Morgan fingerprint density at radius 2 is 2.00 bits per heavy atom. The minimum atomic E-state index is -0.934. The fourth-order valence-corrected chi connectivity index (χ4v) is 1.28. The zero-order chi connectivity index (χ0) is 12.7. The van der Waals surface area contributed by atoms with Crippen molar-refractivity contribution in [3.8, 4) is 0 Å². The second-order valence-electron chi connectivity index (χ2n) is 3.25. The summed E-state index contributed by atoms with van der Waals surface area (Å²) < 4.78 is 14.1. The Kier molecular flexibility index (Phi) is 5.00. The molecule has 1 heterocycles. The lowest BCUT2D eigenvalue weighted by Gasteiger charge is -2.09. The summed E-state index contributed by atoms with van der Waals surface area (Å²) in [7, 11) is 2.46. The van der Waals surface area contributed by atoms with Crippen LogP contribution in [0.5, 0.6) is 0 Å². The first kappa shape index (κ1) is 13.0. The van der Waals surface area contributed by atoms with Crippen LogP contribution in [0.2, 0.25) is 0 Å². The zero-order valence-corrected chi connectivity index (χ0v) is 9.71. The summed E-state index contributed by atoms with van der Waals surface area (Å²) in [5, 5.41) is 0. The summed E-state index contributed by atoms with van der Waals surface area (Å²) in [5.41, 5.74) is 0. The van der Waals surface area contributed by atoms with E-state index in [-0.39, 0.29) is 6.42 Å². The summed E-state index contributed by atoms with van der Waals surface area (Å²) in [6.07, 6.45) is 5.09. The van der Waals surface area contributed by atoms with Crippen LogP contribution in [0.4, 0.5) is 0 Å². The smallest absolute Gasteiger partial charge is 0.320 e. The van der Waals surface area contributed by atoms with Crippen molar-refractivity contribution >= 4 is 18.0 Å². The molecule has 0 aliphatic carbocycles. The average molecular weight is 238 g/mol. The van der Waals surface area contributed by atoms with E-state index in [2.05, 4.69) is 9.47 Å². The molecular weight excluding hydrogens is 224 g/mol. The van der Waals surface area contributed by atoms with E-state index in [1.807, 2.05) is 0 Å². The van der Waals surface area contributed by atoms with E-state index in [1.54, 1.807) is 24.3 Å². The van der Waals surface area contributed by atoms with Gasteiger partial charge in [-0.2, -0.15) is 0 Å². The second-order valence-corrected chi connectivity index (χ2v) is 3.25. The summed E-state index contributed by atoms with van der Waals surface area (Å²) in [6, 6.07) is 3.51. The quantitative estimate of drug-likeness (QED) is 0.576. The molecule has 1 aromatic heterocycles. The van der Waals surface area contributed by atoms with Gasteiger partial charge in [0.05, 0.1) is 20.5 Å². The molecule has 0 aliphatic rings. The number of esters is 2. The molecule has 1 aromatic rings. The minimum Gasteiger partial charge on any atom is -0.468 e. The Morgan fingerprint density at radius 3 is 2.47 bits per heavy atom. The molecule has 17 heavy (non-hydrogen) atoms. The fraction of sp³-hybridized carbons (Fsp3) is 0.333. The number of carbonyl (C=O) groups excluding carboxylic acids is 2. The largest absolute Gasteiger partial charge is 0.468 e. The van der Waals surface area contributed by atoms with Crippen molar-refractivity contribution in [3.63, 3.8) is 0 Å². The lowest BCUT2D eigenvalue weighted by molar-refractivity contribution is -0.158. The molecule has 0 amide bonds. The molecule has 5 heteroatoms. The molecule has 5 nitrogen and oxygen atoms in total. The van der Waals surface area contributed by atoms with Gasteiger partial charge < -0.3 is 13.9 Å². The third-order valence-electron chi connectivity index (χ3n) is 2.17. The van der Waals surface area contributed by atoms with E-state index >= 15 is 0 Å². The molecule has 0 N–H and O–H groups in total. The highest BCUT2D eigenvalue weighted by atomic mass is 16.5. The highest BCUT2D eigenvalue weighted by Gasteiger charge is 2.27. The van der Waals surface area contributed by atoms with Gasteiger partial charge in [-0.1, -0.05) is 6.08 Å². The van der Waals surface area contributed by atoms with Gasteiger partial charge in [-0.3, -0.25) is 9.59 Å². The standard InChI is InChI=1S/C12H14O5/c1-15-11(13)10(12(14)16-2)7-3-5-9-6-4-8-17-9/h3-6,8,10H,7H2,1-2H3. The lowest BCUT2D eigenvalue weighted by Crippen LogP contribution is -2.25. The van der Waals surface area contributed by atoms with Crippen LogP contribution in [0.3, 0.4) is 0 Å². The molecule has 0 fully saturated rings. The molecule has 92 valence electrons. The molecule has 1 rings (SSSR count). The first-order valence-electron chi connectivity index (χ1n) is 5.04. The summed E-state index contributed by atoms with van der Waals surface area (Å²) in [5.74, 6) is -1.50. The fourth-order valence-electron chi connectivity index (χ4n) is 1.28. The topological polar surface area (TPSA) is 65.7 Å². The molecule has 0 radical (unpaired) electrons. The number of allylic oxidation sites excluding steroid dienone is 1. The molecule has 0 aromatic carbocycles. The molecule has 0 saturated carbocycles. The maximum atomic E-state index is 11.3. The summed E-state index contributed by atoms with van der Waals surface area (Å²) in [6.45, 7) is 0. The monoisotopic (exact) mass is 238 g/mol. The first-order chi connectivity index (χ1) is 8.19. The van der Waals surface area contributed by atoms with Crippen LogP contribution in [0, 0.1) is 5.92 Å². The maximum absolute atomic E-state index is 11.3. The number of rotatable bonds is 5. The SMILES string of the molecule is COC(=O)C(CC=Cc1ccco1)C(=O)OC. The van der Waals surface area contributed by atoms with Crippen molar-refractivity contribution in [2.75, 3.05) is 14.2 Å². The van der Waals surface area contributed by atoms with E-state index in [4.69, 9.17) is 4.42 Å². The van der Waals surface area contributed by atoms with Gasteiger partial charge in [0, 0.05) is 0 Å². The maximum Gasteiger partial charge on any atom is 0.320 e. The van der Waals surface area contributed by atoms with Gasteiger partial charge in [0.1, 0.15) is 5.76 Å². The van der Waals surface area contributed by atoms with Gasteiger partial charge in [0.2, 0.25) is 0 Å². The van der Waals surface area contributed by atoms with E-state index in [1.165, 1.54) is 20.5 Å². The Bertz CT molecular complexity index is 375. The average Bonchev–Trinajstić information content (AvgIpc) is 2.86. The van der Waals surface area contributed by atoms with Crippen LogP contribution in [0.15, 0.2) is 28.9 Å². The predicted molar refractivity (Wildman–Crippen MR) is 59.9 cm³/mol. The van der Waals surface area contributed by atoms with Gasteiger partial charge in [0.15, 0.2) is 5.92 Å². The van der Waals surface area contributed by atoms with Crippen molar-refractivity contribution in [1.82, 2.24) is 0 Å². The first-order valence-corrected chi connectivity index (χ1v) is 5.04. The second kappa shape index (κ2) is 6.52. The normalized spacial score (nSPS) is 10.8. The molecule has 0 aliphatic heterocycles. The van der Waals surface area contributed by atoms with Crippen LogP contribution < -0.4 is 0 Å². The highest BCUT2D eigenvalue weighted by Crippen LogP contribution is 2.11. The van der Waals surface area contributed by atoms with Crippen molar-refractivity contribution in [3.05, 3.63) is 30.2 Å². The van der Waals surface area contributed by atoms with Crippen molar-refractivity contribution < 1.29 is 23.5 Å². The predicted octanol–water partition coefficient (Wildman–Crippen LogP) is 1.65. The Balaban J connectivity index is 2.61. The number of hydrogen-bond donors (Lipinski definition) is 0. The molecule has 0 saturated heterocycles. The Morgan fingerprint density at radius 1 is 1.35 bits per heavy atom. The lowest BCUT2D eigenvalue weighted by atomic mass is 10.1. The third-order valence-corrected chi connectivity index (χ3v) is 2.17. The van der Waals surface area contributed by atoms with E-state index < -0.39 is 17.9 Å². The van der Waals surface area contributed by atoms with Crippen molar-refractivity contribution in [2.45, 2.75) is 6.42 Å². The highest BCUT2D eigenvalue weighted by molar-refractivity contribution is 5.95. The third kappa shape index (κ3) is 3.79. The van der Waals surface area contributed by atoms with E-state index in [0.717, 1.165) is 0 Å². The summed E-state index contributed by atoms with van der Waals surface area (Å²) in [4.78, 5) is 22.6. The van der Waals surface area contributed by atoms with Crippen LogP contribution in [0.1, 0.15) is 12.2 Å². The van der Waals surface area contributed by atoms with Gasteiger partial charge in [0.25, 0.3) is 0 Å². The molecule has 0 spiro atoms. The van der Waals surface area contributed by atoms with Gasteiger partial charge >= 0.3 is 11.9 Å². The van der Waals surface area contributed by atoms with Gasteiger partial charge in [-0.05, 0) is 24.6 Å². The molecule has 0 atom stereocenters. The number of furan rings is 1. The summed E-state index contributed by atoms with van der Waals surface area (Å²) >= 11 is 0. The zero-order valence-electron chi connectivity index (χ0n) is 9.71. The molecule has 0 bridgehead atoms. The molecule has 0 unspecified atom stereocenters. The van der Waals surface area contributed by atoms with Crippen LogP contribution >= 0.6 is 0 Å². The van der Waals surface area contributed by atoms with Gasteiger partial charge in [-0.15, -0.1) is 0 Å². The van der Waals surface area contributed by atoms with Crippen LogP contribution in [-0.2, 0) is 19.1 Å². The number of ether oxygens (including phenoxy) is 2.